The molecule has 24 heavy (non-hydrogen) atoms. The number of nitrogens with one attached hydrogen (secondary N) is 1. The summed E-state index contributed by atoms with van der Waals surface area (Å²) in [4.78, 5) is 7.02. The first-order valence-corrected chi connectivity index (χ1v) is 8.79. The first kappa shape index (κ1) is 18.6. The first-order chi connectivity index (χ1) is 11.4. The fourth-order valence-corrected chi connectivity index (χ4v) is 2.97. The van der Waals surface area contributed by atoms with Crippen molar-refractivity contribution in [1.82, 2.24) is 10.2 Å². The van der Waals surface area contributed by atoms with Crippen LogP contribution in [-0.2, 0) is 6.54 Å². The number of hydrogen-bond acceptors (Lipinski definition) is 3. The normalized spacial score (nSPS) is 17.8. The molecule has 0 unspecified atom stereocenters. The molecule has 5 heteroatoms. The van der Waals surface area contributed by atoms with E-state index < -0.39 is 0 Å². The summed E-state index contributed by atoms with van der Waals surface area (Å²) in [5.41, 5.74) is 7.25. The van der Waals surface area contributed by atoms with Gasteiger partial charge in [0.2, 0.25) is 0 Å². The standard InChI is InChI=1S/C19H32N4O/c1-19(2,3)22-18(20)21-13-15-9-11-23(12-10-15)14-16-5-7-17(24-4)8-6-16/h5-8,15H,9-14H2,1-4H3,(H3,20,21,22). The third-order valence-corrected chi connectivity index (χ3v) is 4.30. The molecule has 1 aromatic carbocycles. The number of benzene rings is 1. The van der Waals surface area contributed by atoms with Gasteiger partial charge in [0.05, 0.1) is 7.11 Å². The highest BCUT2D eigenvalue weighted by atomic mass is 16.5. The minimum atomic E-state index is -0.0324. The summed E-state index contributed by atoms with van der Waals surface area (Å²) in [7, 11) is 1.70. The van der Waals surface area contributed by atoms with E-state index in [9.17, 15) is 0 Å². The molecule has 0 amide bonds. The van der Waals surface area contributed by atoms with Gasteiger partial charge in [-0.25, -0.2) is 0 Å². The van der Waals surface area contributed by atoms with E-state index in [1.165, 1.54) is 18.4 Å². The zero-order valence-corrected chi connectivity index (χ0v) is 15.5. The molecule has 2 rings (SSSR count). The minimum Gasteiger partial charge on any atom is -0.497 e. The first-order valence-electron chi connectivity index (χ1n) is 8.79. The Hall–Kier alpha value is -1.75. The van der Waals surface area contributed by atoms with E-state index >= 15 is 0 Å². The van der Waals surface area contributed by atoms with Gasteiger partial charge in [-0.2, -0.15) is 0 Å². The molecule has 1 fully saturated rings. The van der Waals surface area contributed by atoms with Crippen LogP contribution in [0, 0.1) is 5.92 Å². The van der Waals surface area contributed by atoms with Crippen LogP contribution in [0.4, 0.5) is 0 Å². The van der Waals surface area contributed by atoms with Gasteiger partial charge in [0, 0.05) is 18.6 Å². The molecule has 1 heterocycles. The zero-order valence-electron chi connectivity index (χ0n) is 15.5. The van der Waals surface area contributed by atoms with E-state index in [4.69, 9.17) is 10.5 Å². The van der Waals surface area contributed by atoms with Gasteiger partial charge in [-0.05, 0) is 70.3 Å². The lowest BCUT2D eigenvalue weighted by Gasteiger charge is -2.31. The van der Waals surface area contributed by atoms with Crippen LogP contribution < -0.4 is 15.8 Å². The number of ether oxygens (including phenoxy) is 1. The highest BCUT2D eigenvalue weighted by Gasteiger charge is 2.19. The molecule has 0 saturated carbocycles. The maximum absolute atomic E-state index is 5.95. The number of likely N-dealkylation sites (tertiary alicyclic amines) is 1. The van der Waals surface area contributed by atoms with Crippen molar-refractivity contribution in [3.05, 3.63) is 29.8 Å². The molecule has 0 spiro atoms. The van der Waals surface area contributed by atoms with Gasteiger partial charge in [0.1, 0.15) is 5.75 Å². The Morgan fingerprint density at radius 3 is 2.42 bits per heavy atom. The molecular formula is C19H32N4O. The number of piperidine rings is 1. The summed E-state index contributed by atoms with van der Waals surface area (Å²) in [6.45, 7) is 10.4. The summed E-state index contributed by atoms with van der Waals surface area (Å²) < 4.78 is 5.21. The number of nitrogens with zero attached hydrogens (tertiary/aromatic N) is 2. The van der Waals surface area contributed by atoms with E-state index in [1.54, 1.807) is 7.11 Å². The Bertz CT molecular complexity index is 525. The third kappa shape index (κ3) is 6.40. The van der Waals surface area contributed by atoms with Crippen LogP contribution in [0.3, 0.4) is 0 Å². The molecule has 1 aliphatic heterocycles. The van der Waals surface area contributed by atoms with Gasteiger partial charge in [0.15, 0.2) is 5.96 Å². The smallest absolute Gasteiger partial charge is 0.188 e. The fourth-order valence-electron chi connectivity index (χ4n) is 2.97. The summed E-state index contributed by atoms with van der Waals surface area (Å²) in [5.74, 6) is 2.11. The molecule has 0 aromatic heterocycles. The predicted molar refractivity (Wildman–Crippen MR) is 100 cm³/mol. The lowest BCUT2D eigenvalue weighted by Crippen LogP contribution is -2.45. The second kappa shape index (κ2) is 8.38. The van der Waals surface area contributed by atoms with E-state index in [0.717, 1.165) is 31.9 Å². The average molecular weight is 332 g/mol. The second-order valence-electron chi connectivity index (χ2n) is 7.67. The maximum atomic E-state index is 5.95. The van der Waals surface area contributed by atoms with Crippen LogP contribution >= 0.6 is 0 Å². The summed E-state index contributed by atoms with van der Waals surface area (Å²) in [5, 5.41) is 3.22. The summed E-state index contributed by atoms with van der Waals surface area (Å²) >= 11 is 0. The van der Waals surface area contributed by atoms with Crippen molar-refractivity contribution in [1.29, 1.82) is 0 Å². The van der Waals surface area contributed by atoms with Gasteiger partial charge in [0.25, 0.3) is 0 Å². The molecule has 134 valence electrons. The number of hydrogen-bond donors (Lipinski definition) is 2. The molecule has 0 bridgehead atoms. The van der Waals surface area contributed by atoms with Crippen LogP contribution in [0.15, 0.2) is 29.3 Å². The maximum Gasteiger partial charge on any atom is 0.188 e. The fraction of sp³-hybridized carbons (Fsp3) is 0.632. The topological polar surface area (TPSA) is 62.9 Å². The van der Waals surface area contributed by atoms with E-state index in [-0.39, 0.29) is 5.54 Å². The van der Waals surface area contributed by atoms with Crippen molar-refractivity contribution in [2.75, 3.05) is 26.7 Å². The Morgan fingerprint density at radius 2 is 1.88 bits per heavy atom. The summed E-state index contributed by atoms with van der Waals surface area (Å²) in [6.07, 6.45) is 2.37. The molecule has 0 aliphatic carbocycles. The minimum absolute atomic E-state index is 0.0324. The van der Waals surface area contributed by atoms with E-state index in [1.807, 2.05) is 12.1 Å². The zero-order chi connectivity index (χ0) is 17.6. The number of rotatable bonds is 5. The largest absolute Gasteiger partial charge is 0.497 e. The Balaban J connectivity index is 1.73. The van der Waals surface area contributed by atoms with Gasteiger partial charge in [-0.3, -0.25) is 9.89 Å². The molecule has 0 atom stereocenters. The third-order valence-electron chi connectivity index (χ3n) is 4.30. The van der Waals surface area contributed by atoms with Crippen LogP contribution in [0.25, 0.3) is 0 Å². The quantitative estimate of drug-likeness (QED) is 0.643. The molecule has 0 radical (unpaired) electrons. The highest BCUT2D eigenvalue weighted by molar-refractivity contribution is 5.78. The molecule has 1 saturated heterocycles. The van der Waals surface area contributed by atoms with Crippen molar-refractivity contribution < 1.29 is 4.74 Å². The Kier molecular flexibility index (Phi) is 6.49. The van der Waals surface area contributed by atoms with Crippen molar-refractivity contribution in [3.8, 4) is 5.75 Å². The SMILES string of the molecule is COc1ccc(CN2CCC(CN=C(N)NC(C)(C)C)CC2)cc1. The van der Waals surface area contributed by atoms with Crippen LogP contribution in [-0.4, -0.2) is 43.1 Å². The Morgan fingerprint density at radius 1 is 1.25 bits per heavy atom. The predicted octanol–water partition coefficient (Wildman–Crippen LogP) is 2.61. The summed E-state index contributed by atoms with van der Waals surface area (Å²) in [6, 6.07) is 8.35. The van der Waals surface area contributed by atoms with E-state index in [0.29, 0.717) is 11.9 Å². The monoisotopic (exact) mass is 332 g/mol. The molecular weight excluding hydrogens is 300 g/mol. The molecule has 5 nitrogen and oxygen atoms in total. The van der Waals surface area contributed by atoms with Crippen LogP contribution in [0.2, 0.25) is 0 Å². The average Bonchev–Trinajstić information content (AvgIpc) is 2.53. The Labute approximate surface area is 146 Å². The van der Waals surface area contributed by atoms with Crippen LogP contribution in [0.1, 0.15) is 39.2 Å². The van der Waals surface area contributed by atoms with Crippen molar-refractivity contribution >= 4 is 5.96 Å². The van der Waals surface area contributed by atoms with Crippen LogP contribution in [0.5, 0.6) is 5.75 Å². The molecule has 1 aromatic rings. The van der Waals surface area contributed by atoms with Gasteiger partial charge in [-0.15, -0.1) is 0 Å². The number of nitrogens with two attached hydrogens (primary N) is 1. The second-order valence-corrected chi connectivity index (χ2v) is 7.67. The van der Waals surface area contributed by atoms with Crippen molar-refractivity contribution in [2.24, 2.45) is 16.6 Å². The van der Waals surface area contributed by atoms with Crippen molar-refractivity contribution in [3.63, 3.8) is 0 Å². The van der Waals surface area contributed by atoms with Crippen molar-refractivity contribution in [2.45, 2.75) is 45.7 Å². The number of methoxy groups -OCH3 is 1. The molecule has 3 N–H and O–H groups in total. The highest BCUT2D eigenvalue weighted by Crippen LogP contribution is 2.20. The van der Waals surface area contributed by atoms with E-state index in [2.05, 4.69) is 48.1 Å². The molecule has 1 aliphatic rings. The van der Waals surface area contributed by atoms with Gasteiger partial charge >= 0.3 is 0 Å². The van der Waals surface area contributed by atoms with Gasteiger partial charge in [-0.1, -0.05) is 12.1 Å². The number of aliphatic imine (C=N–C) groups is 1. The lowest BCUT2D eigenvalue weighted by molar-refractivity contribution is 0.180. The number of guanidine groups is 1. The lowest BCUT2D eigenvalue weighted by atomic mass is 9.96. The van der Waals surface area contributed by atoms with Gasteiger partial charge < -0.3 is 15.8 Å².